The summed E-state index contributed by atoms with van der Waals surface area (Å²) < 4.78 is 0. The molecule has 0 aliphatic heterocycles. The summed E-state index contributed by atoms with van der Waals surface area (Å²) in [6, 6.07) is 12.4. The van der Waals surface area contributed by atoms with Crippen LogP contribution in [0.4, 0.5) is 0 Å². The summed E-state index contributed by atoms with van der Waals surface area (Å²) in [5.74, 6) is 0. The fourth-order valence-electron chi connectivity index (χ4n) is 1.37. The van der Waals surface area contributed by atoms with Crippen LogP contribution in [0.15, 0.2) is 41.8 Å². The lowest BCUT2D eigenvalue weighted by atomic mass is 10.1. The number of hydrogen-bond acceptors (Lipinski definition) is 1. The number of aryl methyl sites for hydroxylation is 2. The lowest BCUT2D eigenvalue weighted by Gasteiger charge is -1.99. The highest BCUT2D eigenvalue weighted by Crippen LogP contribution is 2.14. The number of halogens is 1. The van der Waals surface area contributed by atoms with Crippen molar-refractivity contribution < 1.29 is 0 Å². The molecule has 86 valence electrons. The Morgan fingerprint density at radius 1 is 1.00 bits per heavy atom. The second-order valence-electron chi connectivity index (χ2n) is 3.21. The van der Waals surface area contributed by atoms with Crippen molar-refractivity contribution in [2.75, 3.05) is 0 Å². The molecule has 2 heteroatoms. The summed E-state index contributed by atoms with van der Waals surface area (Å²) in [6.45, 7) is 4.00. The van der Waals surface area contributed by atoms with Crippen LogP contribution >= 0.6 is 22.9 Å². The fourth-order valence-corrected chi connectivity index (χ4v) is 2.21. The van der Waals surface area contributed by atoms with Gasteiger partial charge in [-0.2, -0.15) is 0 Å². The Morgan fingerprint density at radius 2 is 1.69 bits per heavy atom. The first-order valence-corrected chi connectivity index (χ1v) is 6.87. The molecular formula is C14H17ClS. The Balaban J connectivity index is 0.000000606. The van der Waals surface area contributed by atoms with E-state index in [0.717, 1.165) is 17.9 Å². The number of hydrogen-bond donors (Lipinski definition) is 0. The fraction of sp³-hybridized carbons (Fsp3) is 0.286. The predicted molar refractivity (Wildman–Crippen MR) is 74.5 cm³/mol. The summed E-state index contributed by atoms with van der Waals surface area (Å²) >= 11 is 7.63. The molecule has 1 aromatic carbocycles. The zero-order valence-electron chi connectivity index (χ0n) is 9.74. The summed E-state index contributed by atoms with van der Waals surface area (Å²) in [7, 11) is 0. The Morgan fingerprint density at radius 3 is 2.25 bits per heavy atom. The minimum atomic E-state index is 0.810. The van der Waals surface area contributed by atoms with Gasteiger partial charge in [0.25, 0.3) is 0 Å². The van der Waals surface area contributed by atoms with E-state index in [1.54, 1.807) is 0 Å². The van der Waals surface area contributed by atoms with Crippen molar-refractivity contribution in [2.45, 2.75) is 26.7 Å². The lowest BCUT2D eigenvalue weighted by Crippen LogP contribution is -1.87. The van der Waals surface area contributed by atoms with Crippen molar-refractivity contribution in [1.82, 2.24) is 0 Å². The smallest absolute Gasteiger partial charge is 0.0406 e. The van der Waals surface area contributed by atoms with Crippen LogP contribution in [0.3, 0.4) is 0 Å². The van der Waals surface area contributed by atoms with Gasteiger partial charge in [-0.1, -0.05) is 43.6 Å². The first kappa shape index (κ1) is 13.3. The SMILES string of the molecule is CC.Clc1ccc(CCc2cccs2)cc1. The topological polar surface area (TPSA) is 0 Å². The third kappa shape index (κ3) is 4.38. The third-order valence-corrected chi connectivity index (χ3v) is 3.34. The highest BCUT2D eigenvalue weighted by Gasteiger charge is 1.96. The van der Waals surface area contributed by atoms with E-state index < -0.39 is 0 Å². The van der Waals surface area contributed by atoms with Crippen molar-refractivity contribution in [1.29, 1.82) is 0 Å². The molecule has 0 radical (unpaired) electrons. The number of rotatable bonds is 3. The third-order valence-electron chi connectivity index (χ3n) is 2.15. The monoisotopic (exact) mass is 252 g/mol. The molecule has 0 unspecified atom stereocenters. The van der Waals surface area contributed by atoms with Gasteiger partial charge in [0.2, 0.25) is 0 Å². The molecule has 0 fully saturated rings. The van der Waals surface area contributed by atoms with Gasteiger partial charge in [-0.25, -0.2) is 0 Å². The van der Waals surface area contributed by atoms with Crippen LogP contribution in [-0.4, -0.2) is 0 Å². The van der Waals surface area contributed by atoms with E-state index in [4.69, 9.17) is 11.6 Å². The predicted octanol–water partition coefficient (Wildman–Crippen LogP) is 5.21. The van der Waals surface area contributed by atoms with E-state index in [1.165, 1.54) is 10.4 Å². The quantitative estimate of drug-likeness (QED) is 0.703. The van der Waals surface area contributed by atoms with E-state index >= 15 is 0 Å². The normalized spacial score (nSPS) is 9.44. The molecule has 1 heterocycles. The molecule has 0 nitrogen and oxygen atoms in total. The summed E-state index contributed by atoms with van der Waals surface area (Å²) in [5, 5.41) is 2.93. The summed E-state index contributed by atoms with van der Waals surface area (Å²) in [6.07, 6.45) is 2.22. The van der Waals surface area contributed by atoms with Gasteiger partial charge in [0.15, 0.2) is 0 Å². The Labute approximate surface area is 107 Å². The van der Waals surface area contributed by atoms with E-state index in [-0.39, 0.29) is 0 Å². The van der Waals surface area contributed by atoms with Crippen molar-refractivity contribution in [3.63, 3.8) is 0 Å². The Hall–Kier alpha value is -0.790. The lowest BCUT2D eigenvalue weighted by molar-refractivity contribution is 0.981. The van der Waals surface area contributed by atoms with Crippen LogP contribution in [0.1, 0.15) is 24.3 Å². The molecule has 1 aromatic heterocycles. The van der Waals surface area contributed by atoms with Crippen LogP contribution < -0.4 is 0 Å². The maximum atomic E-state index is 5.81. The molecule has 2 rings (SSSR count). The van der Waals surface area contributed by atoms with Crippen LogP contribution in [-0.2, 0) is 12.8 Å². The van der Waals surface area contributed by atoms with Gasteiger partial charge in [-0.05, 0) is 42.0 Å². The van der Waals surface area contributed by atoms with E-state index in [2.05, 4.69) is 29.6 Å². The Bertz CT molecular complexity index is 376. The van der Waals surface area contributed by atoms with Crippen LogP contribution in [0, 0.1) is 0 Å². The molecule has 0 atom stereocenters. The molecular weight excluding hydrogens is 236 g/mol. The van der Waals surface area contributed by atoms with Crippen molar-refractivity contribution in [3.8, 4) is 0 Å². The van der Waals surface area contributed by atoms with E-state index in [9.17, 15) is 0 Å². The maximum absolute atomic E-state index is 5.81. The molecule has 0 saturated heterocycles. The van der Waals surface area contributed by atoms with Gasteiger partial charge in [-0.3, -0.25) is 0 Å². The Kier molecular flexibility index (Phi) is 6.20. The standard InChI is InChI=1S/C12H11ClS.C2H6/c13-11-6-3-10(4-7-11)5-8-12-2-1-9-14-12;1-2/h1-4,6-7,9H,5,8H2;1-2H3. The molecule has 0 spiro atoms. The molecule has 0 saturated carbocycles. The summed E-state index contributed by atoms with van der Waals surface area (Å²) in [5.41, 5.74) is 1.35. The van der Waals surface area contributed by atoms with E-state index in [0.29, 0.717) is 0 Å². The van der Waals surface area contributed by atoms with Gasteiger partial charge in [-0.15, -0.1) is 11.3 Å². The van der Waals surface area contributed by atoms with Crippen molar-refractivity contribution in [2.24, 2.45) is 0 Å². The second kappa shape index (κ2) is 7.48. The molecule has 0 amide bonds. The second-order valence-corrected chi connectivity index (χ2v) is 4.67. The molecule has 0 bridgehead atoms. The minimum Gasteiger partial charge on any atom is -0.149 e. The van der Waals surface area contributed by atoms with Gasteiger partial charge < -0.3 is 0 Å². The van der Waals surface area contributed by atoms with Crippen LogP contribution in [0.5, 0.6) is 0 Å². The first-order chi connectivity index (χ1) is 7.84. The molecule has 0 aliphatic carbocycles. The number of thiophene rings is 1. The molecule has 16 heavy (non-hydrogen) atoms. The van der Waals surface area contributed by atoms with Crippen molar-refractivity contribution >= 4 is 22.9 Å². The summed E-state index contributed by atoms with van der Waals surface area (Å²) in [4.78, 5) is 1.44. The van der Waals surface area contributed by atoms with E-state index in [1.807, 2.05) is 37.3 Å². The van der Waals surface area contributed by atoms with Gasteiger partial charge in [0, 0.05) is 9.90 Å². The van der Waals surface area contributed by atoms with Gasteiger partial charge in [0.05, 0.1) is 0 Å². The highest BCUT2D eigenvalue weighted by atomic mass is 35.5. The van der Waals surface area contributed by atoms with Crippen LogP contribution in [0.25, 0.3) is 0 Å². The average Bonchev–Trinajstić information content (AvgIpc) is 2.84. The molecule has 2 aromatic rings. The maximum Gasteiger partial charge on any atom is 0.0406 e. The minimum absolute atomic E-state index is 0.810. The van der Waals surface area contributed by atoms with Crippen LogP contribution in [0.2, 0.25) is 5.02 Å². The average molecular weight is 253 g/mol. The highest BCUT2D eigenvalue weighted by molar-refractivity contribution is 7.09. The largest absolute Gasteiger partial charge is 0.149 e. The molecule has 0 N–H and O–H groups in total. The van der Waals surface area contributed by atoms with Gasteiger partial charge >= 0.3 is 0 Å². The van der Waals surface area contributed by atoms with Gasteiger partial charge in [0.1, 0.15) is 0 Å². The number of benzene rings is 1. The first-order valence-electron chi connectivity index (χ1n) is 5.61. The zero-order chi connectivity index (χ0) is 11.8. The van der Waals surface area contributed by atoms with Crippen molar-refractivity contribution in [3.05, 3.63) is 57.2 Å². The molecule has 0 aliphatic rings. The zero-order valence-corrected chi connectivity index (χ0v) is 11.3.